The summed E-state index contributed by atoms with van der Waals surface area (Å²) in [5, 5.41) is 0.250. The van der Waals surface area contributed by atoms with Gasteiger partial charge in [-0.05, 0) is 33.5 Å². The summed E-state index contributed by atoms with van der Waals surface area (Å²) in [6, 6.07) is 5.31. The number of hydrogen-bond donors (Lipinski definition) is 0. The molecule has 0 fully saturated rings. The normalized spacial score (nSPS) is 11.8. The van der Waals surface area contributed by atoms with Crippen molar-refractivity contribution in [1.29, 1.82) is 0 Å². The van der Waals surface area contributed by atoms with E-state index >= 15 is 0 Å². The van der Waals surface area contributed by atoms with E-state index in [1.807, 2.05) is 0 Å². The summed E-state index contributed by atoms with van der Waals surface area (Å²) >= 11 is 3.94. The van der Waals surface area contributed by atoms with E-state index < -0.39 is 11.7 Å². The van der Waals surface area contributed by atoms with Crippen molar-refractivity contribution in [3.05, 3.63) is 34.6 Å². The lowest BCUT2D eigenvalue weighted by Crippen LogP contribution is -2.06. The van der Waals surface area contributed by atoms with Crippen LogP contribution in [0.2, 0.25) is 0 Å². The topological polar surface area (TPSA) is 25.8 Å². The van der Waals surface area contributed by atoms with Gasteiger partial charge in [-0.3, -0.25) is 0 Å². The standard InChI is InChI=1S/C9H4BrF3N2S/c10-8-14-7(16-15-8)5-3-1-2-4-6(5)9(11,12)13/h1-4H. The van der Waals surface area contributed by atoms with Crippen LogP contribution in [0.1, 0.15) is 5.56 Å². The van der Waals surface area contributed by atoms with Gasteiger partial charge < -0.3 is 0 Å². The predicted octanol–water partition coefficient (Wildman–Crippen LogP) is 3.99. The lowest BCUT2D eigenvalue weighted by Gasteiger charge is -2.09. The highest BCUT2D eigenvalue weighted by Crippen LogP contribution is 2.37. The summed E-state index contributed by atoms with van der Waals surface area (Å²) in [6.45, 7) is 0. The zero-order valence-electron chi connectivity index (χ0n) is 7.62. The van der Waals surface area contributed by atoms with Gasteiger partial charge in [-0.25, -0.2) is 4.98 Å². The smallest absolute Gasteiger partial charge is 0.209 e. The molecule has 0 aliphatic heterocycles. The van der Waals surface area contributed by atoms with Crippen LogP contribution in [0.25, 0.3) is 10.6 Å². The van der Waals surface area contributed by atoms with E-state index in [9.17, 15) is 13.2 Å². The molecule has 0 radical (unpaired) electrons. The Morgan fingerprint density at radius 2 is 1.88 bits per heavy atom. The summed E-state index contributed by atoms with van der Waals surface area (Å²) in [6.07, 6.45) is -4.38. The van der Waals surface area contributed by atoms with Gasteiger partial charge in [-0.15, -0.1) is 0 Å². The molecule has 2 rings (SSSR count). The first-order valence-corrected chi connectivity index (χ1v) is 5.71. The lowest BCUT2D eigenvalue weighted by atomic mass is 10.1. The van der Waals surface area contributed by atoms with E-state index in [1.54, 1.807) is 6.07 Å². The molecule has 2 nitrogen and oxygen atoms in total. The molecule has 1 heterocycles. The molecule has 84 valence electrons. The molecule has 0 amide bonds. The molecule has 0 bridgehead atoms. The van der Waals surface area contributed by atoms with Crippen molar-refractivity contribution in [3.8, 4) is 10.6 Å². The maximum atomic E-state index is 12.7. The SMILES string of the molecule is FC(F)(F)c1ccccc1-c1nc(Br)ns1. The second-order valence-electron chi connectivity index (χ2n) is 2.91. The first kappa shape index (κ1) is 11.5. The maximum absolute atomic E-state index is 12.7. The molecular weight excluding hydrogens is 305 g/mol. The highest BCUT2D eigenvalue weighted by Gasteiger charge is 2.34. The molecule has 0 N–H and O–H groups in total. The number of aromatic nitrogens is 2. The lowest BCUT2D eigenvalue weighted by molar-refractivity contribution is -0.137. The molecule has 0 saturated heterocycles. The van der Waals surface area contributed by atoms with Gasteiger partial charge >= 0.3 is 6.18 Å². The third-order valence-electron chi connectivity index (χ3n) is 1.86. The van der Waals surface area contributed by atoms with Crippen LogP contribution in [0.3, 0.4) is 0 Å². The molecule has 0 spiro atoms. The average Bonchev–Trinajstić information content (AvgIpc) is 2.64. The van der Waals surface area contributed by atoms with Crippen LogP contribution in [-0.2, 0) is 6.18 Å². The summed E-state index contributed by atoms with van der Waals surface area (Å²) in [5.41, 5.74) is -0.642. The Balaban J connectivity index is 2.57. The van der Waals surface area contributed by atoms with E-state index in [0.717, 1.165) is 17.6 Å². The maximum Gasteiger partial charge on any atom is 0.417 e. The van der Waals surface area contributed by atoms with Gasteiger partial charge in [0.05, 0.1) is 5.56 Å². The second-order valence-corrected chi connectivity index (χ2v) is 4.37. The van der Waals surface area contributed by atoms with Gasteiger partial charge in [0.1, 0.15) is 5.01 Å². The Labute approximate surface area is 101 Å². The highest BCUT2D eigenvalue weighted by molar-refractivity contribution is 9.10. The Hall–Kier alpha value is -0.950. The van der Waals surface area contributed by atoms with Crippen molar-refractivity contribution in [2.75, 3.05) is 0 Å². The molecule has 0 saturated carbocycles. The molecule has 0 aliphatic rings. The second kappa shape index (κ2) is 4.14. The Morgan fingerprint density at radius 1 is 1.19 bits per heavy atom. The van der Waals surface area contributed by atoms with Gasteiger partial charge in [-0.1, -0.05) is 18.2 Å². The van der Waals surface area contributed by atoms with Crippen molar-refractivity contribution in [2.45, 2.75) is 6.18 Å². The zero-order chi connectivity index (χ0) is 11.8. The monoisotopic (exact) mass is 308 g/mol. The molecule has 7 heteroatoms. The van der Waals surface area contributed by atoms with Crippen LogP contribution in [0, 0.1) is 0 Å². The summed E-state index contributed by atoms with van der Waals surface area (Å²) in [4.78, 5) is 3.88. The van der Waals surface area contributed by atoms with Crippen molar-refractivity contribution in [3.63, 3.8) is 0 Å². The number of nitrogens with zero attached hydrogens (tertiary/aromatic N) is 2. The minimum Gasteiger partial charge on any atom is -0.209 e. The highest BCUT2D eigenvalue weighted by atomic mass is 79.9. The fourth-order valence-corrected chi connectivity index (χ4v) is 2.35. The fourth-order valence-electron chi connectivity index (χ4n) is 1.23. The Morgan fingerprint density at radius 3 is 2.44 bits per heavy atom. The van der Waals surface area contributed by atoms with Crippen LogP contribution in [-0.4, -0.2) is 9.36 Å². The molecule has 16 heavy (non-hydrogen) atoms. The summed E-state index contributed by atoms with van der Waals surface area (Å²) in [5.74, 6) is 0. The fraction of sp³-hybridized carbons (Fsp3) is 0.111. The minimum absolute atomic E-state index is 0.0539. The van der Waals surface area contributed by atoms with Crippen molar-refractivity contribution < 1.29 is 13.2 Å². The van der Waals surface area contributed by atoms with Gasteiger partial charge in [-0.2, -0.15) is 17.5 Å². The Bertz CT molecular complexity index is 509. The molecule has 1 aromatic carbocycles. The molecular formula is C9H4BrF3N2S. The predicted molar refractivity (Wildman–Crippen MR) is 58.0 cm³/mol. The van der Waals surface area contributed by atoms with E-state index in [1.165, 1.54) is 12.1 Å². The molecule has 0 unspecified atom stereocenters. The minimum atomic E-state index is -4.38. The quantitative estimate of drug-likeness (QED) is 0.796. The van der Waals surface area contributed by atoms with Gasteiger partial charge in [0.2, 0.25) is 4.73 Å². The van der Waals surface area contributed by atoms with Crippen LogP contribution < -0.4 is 0 Å². The number of rotatable bonds is 1. The molecule has 1 aromatic heterocycles. The van der Waals surface area contributed by atoms with E-state index in [0.29, 0.717) is 4.73 Å². The van der Waals surface area contributed by atoms with Gasteiger partial charge in [0, 0.05) is 5.56 Å². The number of halogens is 4. The third kappa shape index (κ3) is 2.25. The molecule has 2 aromatic rings. The van der Waals surface area contributed by atoms with E-state index in [4.69, 9.17) is 0 Å². The first-order chi connectivity index (χ1) is 7.48. The number of benzene rings is 1. The first-order valence-electron chi connectivity index (χ1n) is 4.14. The van der Waals surface area contributed by atoms with Crippen LogP contribution in [0.15, 0.2) is 29.0 Å². The van der Waals surface area contributed by atoms with Crippen LogP contribution >= 0.6 is 27.5 Å². The zero-order valence-corrected chi connectivity index (χ0v) is 10.0. The molecule has 0 atom stereocenters. The van der Waals surface area contributed by atoms with E-state index in [-0.39, 0.29) is 10.6 Å². The molecule has 0 aliphatic carbocycles. The van der Waals surface area contributed by atoms with Crippen molar-refractivity contribution in [1.82, 2.24) is 9.36 Å². The van der Waals surface area contributed by atoms with E-state index in [2.05, 4.69) is 25.3 Å². The summed E-state index contributed by atoms with van der Waals surface area (Å²) < 4.78 is 42.1. The van der Waals surface area contributed by atoms with Gasteiger partial charge in [0.15, 0.2) is 0 Å². The number of alkyl halides is 3. The van der Waals surface area contributed by atoms with Crippen molar-refractivity contribution >= 4 is 27.5 Å². The average molecular weight is 309 g/mol. The summed E-state index contributed by atoms with van der Waals surface area (Å²) in [7, 11) is 0. The van der Waals surface area contributed by atoms with Crippen molar-refractivity contribution in [2.24, 2.45) is 0 Å². The largest absolute Gasteiger partial charge is 0.417 e. The van der Waals surface area contributed by atoms with Crippen LogP contribution in [0.5, 0.6) is 0 Å². The van der Waals surface area contributed by atoms with Gasteiger partial charge in [0.25, 0.3) is 0 Å². The third-order valence-corrected chi connectivity index (χ3v) is 3.20. The Kier molecular flexibility index (Phi) is 2.98. The van der Waals surface area contributed by atoms with Crippen LogP contribution in [0.4, 0.5) is 13.2 Å². The number of hydrogen-bond acceptors (Lipinski definition) is 3.